The van der Waals surface area contributed by atoms with Crippen molar-refractivity contribution >= 4 is 33.4 Å². The van der Waals surface area contributed by atoms with E-state index in [2.05, 4.69) is 10.9 Å². The van der Waals surface area contributed by atoms with Crippen LogP contribution < -0.4 is 15.6 Å². The molecule has 0 spiro atoms. The zero-order valence-electron chi connectivity index (χ0n) is 13.5. The SMILES string of the molecule is COc1cc(SC)ccc1C(=O)NNC(=O)C[C@@H]1CCS(=O)(=O)C1. The molecule has 0 aliphatic carbocycles. The number of hydrogen-bond acceptors (Lipinski definition) is 6. The monoisotopic (exact) mass is 372 g/mol. The number of thioether (sulfide) groups is 1. The number of carbonyl (C=O) groups is 2. The van der Waals surface area contributed by atoms with E-state index in [0.29, 0.717) is 17.7 Å². The molecule has 0 saturated carbocycles. The van der Waals surface area contributed by atoms with Gasteiger partial charge in [0.1, 0.15) is 5.75 Å². The van der Waals surface area contributed by atoms with E-state index in [9.17, 15) is 18.0 Å². The molecule has 7 nitrogen and oxygen atoms in total. The molecular weight excluding hydrogens is 352 g/mol. The normalized spacial score (nSPS) is 18.8. The number of methoxy groups -OCH3 is 1. The number of rotatable bonds is 5. The second-order valence-electron chi connectivity index (χ2n) is 5.54. The Morgan fingerprint density at radius 1 is 1.33 bits per heavy atom. The molecule has 1 aliphatic rings. The van der Waals surface area contributed by atoms with Crippen molar-refractivity contribution in [3.63, 3.8) is 0 Å². The van der Waals surface area contributed by atoms with Crippen molar-refractivity contribution in [2.75, 3.05) is 24.9 Å². The fourth-order valence-corrected chi connectivity index (χ4v) is 4.82. The molecule has 132 valence electrons. The van der Waals surface area contributed by atoms with E-state index < -0.39 is 21.7 Å². The molecule has 1 aliphatic heterocycles. The predicted molar refractivity (Wildman–Crippen MR) is 91.8 cm³/mol. The first kappa shape index (κ1) is 18.6. The van der Waals surface area contributed by atoms with Crippen LogP contribution >= 0.6 is 11.8 Å². The summed E-state index contributed by atoms with van der Waals surface area (Å²) in [5, 5.41) is 0. The molecular formula is C15H20N2O5S2. The molecule has 1 saturated heterocycles. The Morgan fingerprint density at radius 2 is 2.08 bits per heavy atom. The van der Waals surface area contributed by atoms with Gasteiger partial charge in [0, 0.05) is 11.3 Å². The van der Waals surface area contributed by atoms with E-state index in [1.807, 2.05) is 6.26 Å². The van der Waals surface area contributed by atoms with Gasteiger partial charge in [-0.05, 0) is 36.8 Å². The van der Waals surface area contributed by atoms with Gasteiger partial charge < -0.3 is 4.74 Å². The summed E-state index contributed by atoms with van der Waals surface area (Å²) in [6, 6.07) is 5.15. The van der Waals surface area contributed by atoms with Crippen LogP contribution in [0.1, 0.15) is 23.2 Å². The molecule has 9 heteroatoms. The quantitative estimate of drug-likeness (QED) is 0.591. The Bertz CT molecular complexity index is 733. The van der Waals surface area contributed by atoms with E-state index in [0.717, 1.165) is 4.90 Å². The molecule has 2 amide bonds. The Kier molecular flexibility index (Phi) is 6.11. The largest absolute Gasteiger partial charge is 0.496 e. The van der Waals surface area contributed by atoms with Crippen LogP contribution in [0.3, 0.4) is 0 Å². The van der Waals surface area contributed by atoms with Gasteiger partial charge in [0.25, 0.3) is 5.91 Å². The van der Waals surface area contributed by atoms with Crippen molar-refractivity contribution in [1.82, 2.24) is 10.9 Å². The molecule has 0 radical (unpaired) electrons. The third-order valence-electron chi connectivity index (χ3n) is 3.77. The second-order valence-corrected chi connectivity index (χ2v) is 8.65. The van der Waals surface area contributed by atoms with Crippen molar-refractivity contribution in [2.45, 2.75) is 17.7 Å². The number of sulfone groups is 1. The van der Waals surface area contributed by atoms with E-state index in [1.165, 1.54) is 18.9 Å². The number of hydrazine groups is 1. The number of carbonyl (C=O) groups excluding carboxylic acids is 2. The number of hydrogen-bond donors (Lipinski definition) is 2. The highest BCUT2D eigenvalue weighted by Gasteiger charge is 2.29. The lowest BCUT2D eigenvalue weighted by Crippen LogP contribution is -2.42. The van der Waals surface area contributed by atoms with E-state index in [1.54, 1.807) is 18.2 Å². The van der Waals surface area contributed by atoms with Crippen molar-refractivity contribution < 1.29 is 22.7 Å². The fourth-order valence-electron chi connectivity index (χ4n) is 2.53. The molecule has 1 fully saturated rings. The van der Waals surface area contributed by atoms with Crippen LogP contribution in [-0.4, -0.2) is 45.1 Å². The van der Waals surface area contributed by atoms with Gasteiger partial charge in [-0.3, -0.25) is 20.4 Å². The fraction of sp³-hybridized carbons (Fsp3) is 0.467. The molecule has 0 unspecified atom stereocenters. The van der Waals surface area contributed by atoms with Gasteiger partial charge in [-0.15, -0.1) is 11.8 Å². The highest BCUT2D eigenvalue weighted by Crippen LogP contribution is 2.25. The number of ether oxygens (including phenoxy) is 1. The third kappa shape index (κ3) is 4.88. The molecule has 2 N–H and O–H groups in total. The first-order chi connectivity index (χ1) is 11.3. The maximum Gasteiger partial charge on any atom is 0.273 e. The van der Waals surface area contributed by atoms with Gasteiger partial charge in [0.05, 0.1) is 24.2 Å². The lowest BCUT2D eigenvalue weighted by molar-refractivity contribution is -0.122. The van der Waals surface area contributed by atoms with E-state index >= 15 is 0 Å². The molecule has 0 bridgehead atoms. The minimum atomic E-state index is -3.02. The Labute approximate surface area is 145 Å². The minimum absolute atomic E-state index is 0.0261. The lowest BCUT2D eigenvalue weighted by atomic mass is 10.1. The summed E-state index contributed by atoms with van der Waals surface area (Å²) < 4.78 is 28.0. The lowest BCUT2D eigenvalue weighted by Gasteiger charge is -2.12. The topological polar surface area (TPSA) is 102 Å². The summed E-state index contributed by atoms with van der Waals surface area (Å²) in [5.74, 6) is -0.538. The summed E-state index contributed by atoms with van der Waals surface area (Å²) in [4.78, 5) is 25.0. The summed E-state index contributed by atoms with van der Waals surface area (Å²) in [7, 11) is -1.55. The Morgan fingerprint density at radius 3 is 2.67 bits per heavy atom. The summed E-state index contributed by atoms with van der Waals surface area (Å²) in [5.41, 5.74) is 4.96. The van der Waals surface area contributed by atoms with Crippen LogP contribution in [0, 0.1) is 5.92 Å². The summed E-state index contributed by atoms with van der Waals surface area (Å²) >= 11 is 1.52. The van der Waals surface area contributed by atoms with Crippen LogP contribution in [0.4, 0.5) is 0 Å². The minimum Gasteiger partial charge on any atom is -0.496 e. The summed E-state index contributed by atoms with van der Waals surface area (Å²) in [6.45, 7) is 0. The first-order valence-electron chi connectivity index (χ1n) is 7.36. The number of nitrogens with one attached hydrogen (secondary N) is 2. The first-order valence-corrected chi connectivity index (χ1v) is 10.4. The average molecular weight is 372 g/mol. The zero-order chi connectivity index (χ0) is 17.7. The highest BCUT2D eigenvalue weighted by atomic mass is 32.2. The Balaban J connectivity index is 1.90. The van der Waals surface area contributed by atoms with Crippen molar-refractivity contribution in [3.05, 3.63) is 23.8 Å². The van der Waals surface area contributed by atoms with Gasteiger partial charge in [-0.1, -0.05) is 0 Å². The van der Waals surface area contributed by atoms with Crippen LogP contribution in [0.15, 0.2) is 23.1 Å². The van der Waals surface area contributed by atoms with E-state index in [-0.39, 0.29) is 23.8 Å². The molecule has 1 aromatic carbocycles. The number of benzene rings is 1. The highest BCUT2D eigenvalue weighted by molar-refractivity contribution is 7.98. The van der Waals surface area contributed by atoms with Gasteiger partial charge in [0.2, 0.25) is 5.91 Å². The summed E-state index contributed by atoms with van der Waals surface area (Å²) in [6.07, 6.45) is 2.47. The molecule has 1 heterocycles. The standard InChI is InChI=1S/C15H20N2O5S2/c1-22-13-8-11(23-2)3-4-12(13)15(19)17-16-14(18)7-10-5-6-24(20,21)9-10/h3-4,8,10H,5-7,9H2,1-2H3,(H,16,18)(H,17,19)/t10-/m0/s1. The maximum atomic E-state index is 12.2. The van der Waals surface area contributed by atoms with Gasteiger partial charge in [-0.25, -0.2) is 8.42 Å². The van der Waals surface area contributed by atoms with Crippen LogP contribution in [0.25, 0.3) is 0 Å². The van der Waals surface area contributed by atoms with Crippen molar-refractivity contribution in [1.29, 1.82) is 0 Å². The van der Waals surface area contributed by atoms with Crippen molar-refractivity contribution in [2.24, 2.45) is 5.92 Å². The zero-order valence-corrected chi connectivity index (χ0v) is 15.1. The predicted octanol–water partition coefficient (Wildman–Crippen LogP) is 1.00. The maximum absolute atomic E-state index is 12.2. The van der Waals surface area contributed by atoms with Gasteiger partial charge in [-0.2, -0.15) is 0 Å². The molecule has 1 aromatic rings. The molecule has 24 heavy (non-hydrogen) atoms. The van der Waals surface area contributed by atoms with Crippen molar-refractivity contribution in [3.8, 4) is 5.75 Å². The molecule has 1 atom stereocenters. The molecule has 0 aromatic heterocycles. The molecule has 2 rings (SSSR count). The van der Waals surface area contributed by atoms with Gasteiger partial charge in [0.15, 0.2) is 9.84 Å². The second kappa shape index (κ2) is 7.89. The number of amides is 2. The van der Waals surface area contributed by atoms with Crippen LogP contribution in [0.2, 0.25) is 0 Å². The third-order valence-corrected chi connectivity index (χ3v) is 6.33. The van der Waals surface area contributed by atoms with E-state index in [4.69, 9.17) is 4.74 Å². The smallest absolute Gasteiger partial charge is 0.273 e. The average Bonchev–Trinajstić information content (AvgIpc) is 2.90. The van der Waals surface area contributed by atoms with Gasteiger partial charge >= 0.3 is 0 Å². The Hall–Kier alpha value is -1.74. The van der Waals surface area contributed by atoms with Crippen LogP contribution in [-0.2, 0) is 14.6 Å². The van der Waals surface area contributed by atoms with Crippen LogP contribution in [0.5, 0.6) is 5.75 Å².